The van der Waals surface area contributed by atoms with Gasteiger partial charge in [0.05, 0.1) is 6.10 Å². The van der Waals surface area contributed by atoms with E-state index in [1.807, 2.05) is 0 Å². The fraction of sp³-hybridized carbons (Fsp3) is 0.625. The van der Waals surface area contributed by atoms with E-state index in [0.29, 0.717) is 0 Å². The highest BCUT2D eigenvalue weighted by Gasteiger charge is 2.37. The number of carboxylic acids is 1. The Morgan fingerprint density at radius 3 is 2.50 bits per heavy atom. The predicted octanol–water partition coefficient (Wildman–Crippen LogP) is 0.361. The minimum absolute atomic E-state index is 0.764. The molecule has 0 aliphatic carbocycles. The second-order valence-electron chi connectivity index (χ2n) is 2.96. The highest BCUT2D eigenvalue weighted by atomic mass is 19.3. The van der Waals surface area contributed by atoms with E-state index in [1.54, 1.807) is 0 Å². The summed E-state index contributed by atoms with van der Waals surface area (Å²) in [7, 11) is 0. The summed E-state index contributed by atoms with van der Waals surface area (Å²) in [6.45, 7) is 1.41. The smallest absolute Gasteiger partial charge is 0.374 e. The topological polar surface area (TPSA) is 83.5 Å². The molecular weight excluding hydrogens is 196 g/mol. The highest BCUT2D eigenvalue weighted by Crippen LogP contribution is 2.18. The van der Waals surface area contributed by atoms with E-state index in [1.165, 1.54) is 6.92 Å². The second-order valence-corrected chi connectivity index (χ2v) is 2.96. The average molecular weight is 209 g/mol. The van der Waals surface area contributed by atoms with Crippen molar-refractivity contribution in [2.45, 2.75) is 31.4 Å². The molecule has 6 heteroatoms. The third kappa shape index (κ3) is 4.29. The minimum atomic E-state index is -3.78. The Bertz CT molecular complexity index is 229. The molecule has 4 nitrogen and oxygen atoms in total. The van der Waals surface area contributed by atoms with Gasteiger partial charge in [-0.25, -0.2) is 4.79 Å². The van der Waals surface area contributed by atoms with Crippen LogP contribution in [0.15, 0.2) is 12.2 Å². The lowest BCUT2D eigenvalue weighted by molar-refractivity contribution is -0.164. The number of aliphatic hydroxyl groups is 1. The van der Waals surface area contributed by atoms with Gasteiger partial charge in [0.15, 0.2) is 0 Å². The Hall–Kier alpha value is -1.01. The number of nitrogens with two attached hydrogens (primary N) is 1. The van der Waals surface area contributed by atoms with Crippen LogP contribution in [0, 0.1) is 0 Å². The first-order chi connectivity index (χ1) is 6.27. The number of alkyl halides is 2. The van der Waals surface area contributed by atoms with E-state index < -0.39 is 30.5 Å². The summed E-state index contributed by atoms with van der Waals surface area (Å²) < 4.78 is 24.9. The maximum absolute atomic E-state index is 12.4. The molecule has 4 N–H and O–H groups in total. The van der Waals surface area contributed by atoms with Crippen LogP contribution in [-0.2, 0) is 4.79 Å². The van der Waals surface area contributed by atoms with Crippen LogP contribution in [0.4, 0.5) is 8.78 Å². The summed E-state index contributed by atoms with van der Waals surface area (Å²) in [5, 5.41) is 16.9. The van der Waals surface area contributed by atoms with Gasteiger partial charge in [-0.2, -0.15) is 8.78 Å². The van der Waals surface area contributed by atoms with Gasteiger partial charge in [0.25, 0.3) is 0 Å². The van der Waals surface area contributed by atoms with E-state index in [0.717, 1.165) is 12.2 Å². The zero-order chi connectivity index (χ0) is 11.4. The molecule has 14 heavy (non-hydrogen) atoms. The van der Waals surface area contributed by atoms with Crippen molar-refractivity contribution in [3.05, 3.63) is 12.2 Å². The van der Waals surface area contributed by atoms with Gasteiger partial charge in [-0.3, -0.25) is 0 Å². The zero-order valence-electron chi connectivity index (χ0n) is 7.65. The van der Waals surface area contributed by atoms with Crippen molar-refractivity contribution in [2.75, 3.05) is 0 Å². The standard InChI is InChI=1S/C8H13F2NO3/c1-5(12)6(11)3-2-4-8(9,10)7(13)14/h2-3,5-6,12H,4,11H2,1H3,(H,13,14)/b3-2+. The summed E-state index contributed by atoms with van der Waals surface area (Å²) in [5.41, 5.74) is 5.29. The average Bonchev–Trinajstić information content (AvgIpc) is 2.03. The first kappa shape index (κ1) is 13.0. The van der Waals surface area contributed by atoms with E-state index in [-0.39, 0.29) is 0 Å². The molecule has 0 heterocycles. The van der Waals surface area contributed by atoms with Crippen LogP contribution in [0.1, 0.15) is 13.3 Å². The fourth-order valence-corrected chi connectivity index (χ4v) is 0.621. The number of aliphatic hydroxyl groups excluding tert-OH is 1. The quantitative estimate of drug-likeness (QED) is 0.571. The van der Waals surface area contributed by atoms with Gasteiger partial charge in [0.2, 0.25) is 0 Å². The lowest BCUT2D eigenvalue weighted by atomic mass is 10.1. The number of carbonyl (C=O) groups is 1. The lowest BCUT2D eigenvalue weighted by Crippen LogP contribution is -2.31. The Balaban J connectivity index is 4.11. The van der Waals surface area contributed by atoms with Gasteiger partial charge in [-0.15, -0.1) is 0 Å². The lowest BCUT2D eigenvalue weighted by Gasteiger charge is -2.10. The number of aliphatic carboxylic acids is 1. The van der Waals surface area contributed by atoms with Gasteiger partial charge in [-0.05, 0) is 6.92 Å². The molecule has 0 aromatic heterocycles. The molecule has 0 aromatic carbocycles. The van der Waals surface area contributed by atoms with Crippen LogP contribution < -0.4 is 5.73 Å². The van der Waals surface area contributed by atoms with E-state index in [4.69, 9.17) is 15.9 Å². The van der Waals surface area contributed by atoms with E-state index in [9.17, 15) is 13.6 Å². The molecule has 0 rings (SSSR count). The zero-order valence-corrected chi connectivity index (χ0v) is 7.65. The Labute approximate surface area is 80.0 Å². The summed E-state index contributed by atoms with van der Waals surface area (Å²) >= 11 is 0. The van der Waals surface area contributed by atoms with Crippen molar-refractivity contribution in [1.82, 2.24) is 0 Å². The molecule has 0 spiro atoms. The molecule has 0 saturated carbocycles. The Morgan fingerprint density at radius 2 is 2.14 bits per heavy atom. The molecule has 82 valence electrons. The van der Waals surface area contributed by atoms with Crippen molar-refractivity contribution < 1.29 is 23.8 Å². The Morgan fingerprint density at radius 1 is 1.64 bits per heavy atom. The summed E-state index contributed by atoms with van der Waals surface area (Å²) in [6, 6.07) is -0.764. The highest BCUT2D eigenvalue weighted by molar-refractivity contribution is 5.75. The Kier molecular flexibility index (Phi) is 4.65. The van der Waals surface area contributed by atoms with Crippen LogP contribution in [0.2, 0.25) is 0 Å². The van der Waals surface area contributed by atoms with Crippen LogP contribution in [0.3, 0.4) is 0 Å². The molecule has 0 aliphatic heterocycles. The maximum Gasteiger partial charge on any atom is 0.374 e. The minimum Gasteiger partial charge on any atom is -0.477 e. The van der Waals surface area contributed by atoms with Gasteiger partial charge >= 0.3 is 11.9 Å². The number of halogens is 2. The van der Waals surface area contributed by atoms with Gasteiger partial charge < -0.3 is 15.9 Å². The van der Waals surface area contributed by atoms with Crippen LogP contribution in [0.5, 0.6) is 0 Å². The second kappa shape index (κ2) is 5.02. The van der Waals surface area contributed by atoms with Crippen molar-refractivity contribution in [2.24, 2.45) is 5.73 Å². The number of carboxylic acid groups (broad SMARTS) is 1. The molecule has 0 saturated heterocycles. The third-order valence-electron chi connectivity index (χ3n) is 1.60. The number of hydrogen-bond donors (Lipinski definition) is 3. The SMILES string of the molecule is CC(O)C(N)/C=C/CC(F)(F)C(=O)O. The van der Waals surface area contributed by atoms with Crippen LogP contribution in [-0.4, -0.2) is 34.3 Å². The van der Waals surface area contributed by atoms with Gasteiger partial charge in [-0.1, -0.05) is 12.2 Å². The van der Waals surface area contributed by atoms with Crippen LogP contribution >= 0.6 is 0 Å². The summed E-state index contributed by atoms with van der Waals surface area (Å²) in [4.78, 5) is 9.97. The first-order valence-electron chi connectivity index (χ1n) is 3.99. The number of hydrogen-bond acceptors (Lipinski definition) is 3. The van der Waals surface area contributed by atoms with E-state index in [2.05, 4.69) is 0 Å². The summed E-state index contributed by atoms with van der Waals surface area (Å²) in [5.74, 6) is -5.96. The fourth-order valence-electron chi connectivity index (χ4n) is 0.621. The third-order valence-corrected chi connectivity index (χ3v) is 1.60. The molecule has 2 unspecified atom stereocenters. The predicted molar refractivity (Wildman–Crippen MR) is 46.0 cm³/mol. The molecule has 0 fully saturated rings. The monoisotopic (exact) mass is 209 g/mol. The number of allylic oxidation sites excluding steroid dienone is 1. The normalized spacial score (nSPS) is 16.9. The van der Waals surface area contributed by atoms with Crippen molar-refractivity contribution in [3.63, 3.8) is 0 Å². The maximum atomic E-state index is 12.4. The molecule has 0 amide bonds. The molecule has 0 radical (unpaired) electrons. The molecule has 0 aromatic rings. The van der Waals surface area contributed by atoms with Gasteiger partial charge in [0.1, 0.15) is 0 Å². The summed E-state index contributed by atoms with van der Waals surface area (Å²) in [6.07, 6.45) is 0.320. The van der Waals surface area contributed by atoms with Crippen LogP contribution in [0.25, 0.3) is 0 Å². The van der Waals surface area contributed by atoms with Crippen molar-refractivity contribution in [3.8, 4) is 0 Å². The van der Waals surface area contributed by atoms with Crippen molar-refractivity contribution >= 4 is 5.97 Å². The molecule has 0 aliphatic rings. The first-order valence-corrected chi connectivity index (χ1v) is 3.99. The largest absolute Gasteiger partial charge is 0.477 e. The van der Waals surface area contributed by atoms with Gasteiger partial charge in [0, 0.05) is 12.5 Å². The molecule has 2 atom stereocenters. The molecule has 0 bridgehead atoms. The van der Waals surface area contributed by atoms with E-state index >= 15 is 0 Å². The number of rotatable bonds is 5. The molecular formula is C8H13F2NO3. The van der Waals surface area contributed by atoms with Crippen molar-refractivity contribution in [1.29, 1.82) is 0 Å².